The number of rotatable bonds is 7. The monoisotopic (exact) mass is 347 g/mol. The highest BCUT2D eigenvalue weighted by atomic mass is 35.5. The van der Waals surface area contributed by atoms with Gasteiger partial charge in [0.25, 0.3) is 0 Å². The molecule has 0 aliphatic heterocycles. The van der Waals surface area contributed by atoms with Gasteiger partial charge in [0, 0.05) is 6.08 Å². The summed E-state index contributed by atoms with van der Waals surface area (Å²) in [7, 11) is 0. The van der Waals surface area contributed by atoms with E-state index in [-0.39, 0.29) is 0 Å². The molecule has 4 nitrogen and oxygen atoms in total. The summed E-state index contributed by atoms with van der Waals surface area (Å²) in [4.78, 5) is 22.7. The van der Waals surface area contributed by atoms with E-state index in [1.54, 1.807) is 24.3 Å². The second-order valence-electron chi connectivity index (χ2n) is 4.19. The Labute approximate surface area is 137 Å². The Hall–Kier alpha value is -1.17. The maximum absolute atomic E-state index is 11.7. The third-order valence-corrected chi connectivity index (χ3v) is 3.98. The number of amides is 1. The lowest BCUT2D eigenvalue weighted by atomic mass is 10.2. The summed E-state index contributed by atoms with van der Waals surface area (Å²) in [6, 6.07) is 4.07. The van der Waals surface area contributed by atoms with Crippen LogP contribution in [0.1, 0.15) is 12.0 Å². The van der Waals surface area contributed by atoms with Gasteiger partial charge in [-0.3, -0.25) is 4.79 Å². The Morgan fingerprint density at radius 1 is 1.38 bits per heavy atom. The zero-order valence-corrected chi connectivity index (χ0v) is 13.6. The van der Waals surface area contributed by atoms with Crippen molar-refractivity contribution in [2.75, 3.05) is 12.0 Å². The number of carboxylic acids is 1. The molecule has 0 aliphatic rings. The Kier molecular flexibility index (Phi) is 7.64. The van der Waals surface area contributed by atoms with Gasteiger partial charge in [0.1, 0.15) is 6.04 Å². The molecule has 0 bridgehead atoms. The minimum atomic E-state index is -1.04. The van der Waals surface area contributed by atoms with Crippen LogP contribution in [0.15, 0.2) is 24.3 Å². The average molecular weight is 348 g/mol. The molecule has 0 saturated carbocycles. The Morgan fingerprint density at radius 3 is 2.67 bits per heavy atom. The fourth-order valence-corrected chi connectivity index (χ4v) is 2.28. The average Bonchev–Trinajstić information content (AvgIpc) is 2.44. The minimum Gasteiger partial charge on any atom is -0.480 e. The zero-order chi connectivity index (χ0) is 15.8. The van der Waals surface area contributed by atoms with Crippen LogP contribution in [-0.4, -0.2) is 35.0 Å². The smallest absolute Gasteiger partial charge is 0.326 e. The number of carbonyl (C=O) groups is 2. The first-order valence-corrected chi connectivity index (χ1v) is 8.24. The summed E-state index contributed by atoms with van der Waals surface area (Å²) < 4.78 is 0. The zero-order valence-electron chi connectivity index (χ0n) is 11.3. The van der Waals surface area contributed by atoms with Gasteiger partial charge in [0.05, 0.1) is 10.0 Å². The number of carboxylic acid groups (broad SMARTS) is 1. The summed E-state index contributed by atoms with van der Waals surface area (Å²) >= 11 is 13.2. The maximum atomic E-state index is 11.7. The van der Waals surface area contributed by atoms with Crippen LogP contribution in [0.2, 0.25) is 10.0 Å². The number of benzene rings is 1. The quantitative estimate of drug-likeness (QED) is 0.742. The molecule has 0 fully saturated rings. The van der Waals surface area contributed by atoms with Gasteiger partial charge < -0.3 is 10.4 Å². The SMILES string of the molecule is CSCCC(NC(=O)/C=C/c1ccc(Cl)c(Cl)c1)C(=O)O. The lowest BCUT2D eigenvalue weighted by molar-refractivity contribution is -0.141. The second kappa shape index (κ2) is 8.97. The Balaban J connectivity index is 2.64. The van der Waals surface area contributed by atoms with Gasteiger partial charge in [-0.2, -0.15) is 11.8 Å². The maximum Gasteiger partial charge on any atom is 0.326 e. The van der Waals surface area contributed by atoms with Crippen LogP contribution in [0.25, 0.3) is 6.08 Å². The molecule has 2 N–H and O–H groups in total. The van der Waals surface area contributed by atoms with E-state index in [9.17, 15) is 9.59 Å². The molecular formula is C14H15Cl2NO3S. The van der Waals surface area contributed by atoms with Crippen molar-refractivity contribution in [1.29, 1.82) is 0 Å². The van der Waals surface area contributed by atoms with Crippen LogP contribution in [-0.2, 0) is 9.59 Å². The first kappa shape index (κ1) is 17.9. The van der Waals surface area contributed by atoms with E-state index in [0.29, 0.717) is 27.8 Å². The number of hydrogen-bond donors (Lipinski definition) is 2. The third kappa shape index (κ3) is 6.42. The highest BCUT2D eigenvalue weighted by Gasteiger charge is 2.17. The highest BCUT2D eigenvalue weighted by Crippen LogP contribution is 2.23. The van der Waals surface area contributed by atoms with Crippen LogP contribution < -0.4 is 5.32 Å². The summed E-state index contributed by atoms with van der Waals surface area (Å²) in [6.07, 6.45) is 5.08. The van der Waals surface area contributed by atoms with Crippen molar-refractivity contribution < 1.29 is 14.7 Å². The fraction of sp³-hybridized carbons (Fsp3) is 0.286. The van der Waals surface area contributed by atoms with Crippen LogP contribution in [0, 0.1) is 0 Å². The molecule has 1 amide bonds. The molecular weight excluding hydrogens is 333 g/mol. The van der Waals surface area contributed by atoms with Crippen LogP contribution in [0.3, 0.4) is 0 Å². The molecule has 1 rings (SSSR count). The van der Waals surface area contributed by atoms with Crippen molar-refractivity contribution in [3.8, 4) is 0 Å². The predicted molar refractivity (Wildman–Crippen MR) is 88.1 cm³/mol. The molecule has 1 aromatic rings. The number of halogens is 2. The molecule has 114 valence electrons. The standard InChI is InChI=1S/C14H15Cl2NO3S/c1-21-7-6-12(14(19)20)17-13(18)5-3-9-2-4-10(15)11(16)8-9/h2-5,8,12H,6-7H2,1H3,(H,17,18)(H,19,20)/b5-3+. The lowest BCUT2D eigenvalue weighted by Gasteiger charge is -2.12. The van der Waals surface area contributed by atoms with Crippen molar-refractivity contribution in [1.82, 2.24) is 5.32 Å². The van der Waals surface area contributed by atoms with Gasteiger partial charge in [-0.1, -0.05) is 29.3 Å². The molecule has 0 heterocycles. The number of thioether (sulfide) groups is 1. The van der Waals surface area contributed by atoms with Crippen molar-refractivity contribution in [2.45, 2.75) is 12.5 Å². The molecule has 0 radical (unpaired) electrons. The molecule has 7 heteroatoms. The largest absolute Gasteiger partial charge is 0.480 e. The molecule has 1 unspecified atom stereocenters. The van der Waals surface area contributed by atoms with E-state index in [4.69, 9.17) is 28.3 Å². The third-order valence-electron chi connectivity index (χ3n) is 2.60. The molecule has 1 atom stereocenters. The molecule has 0 aromatic heterocycles. The van der Waals surface area contributed by atoms with E-state index < -0.39 is 17.9 Å². The van der Waals surface area contributed by atoms with Crippen LogP contribution in [0.4, 0.5) is 0 Å². The molecule has 21 heavy (non-hydrogen) atoms. The van der Waals surface area contributed by atoms with Crippen molar-refractivity contribution in [3.63, 3.8) is 0 Å². The molecule has 0 saturated heterocycles. The van der Waals surface area contributed by atoms with Crippen molar-refractivity contribution >= 4 is 52.9 Å². The van der Waals surface area contributed by atoms with E-state index in [1.807, 2.05) is 6.26 Å². The summed E-state index contributed by atoms with van der Waals surface area (Å²) in [6.45, 7) is 0. The Morgan fingerprint density at radius 2 is 2.10 bits per heavy atom. The van der Waals surface area contributed by atoms with Gasteiger partial charge >= 0.3 is 5.97 Å². The van der Waals surface area contributed by atoms with E-state index in [2.05, 4.69) is 5.32 Å². The van der Waals surface area contributed by atoms with Gasteiger partial charge in [0.2, 0.25) is 5.91 Å². The van der Waals surface area contributed by atoms with Gasteiger partial charge in [0.15, 0.2) is 0 Å². The summed E-state index contributed by atoms with van der Waals surface area (Å²) in [5, 5.41) is 12.3. The molecule has 1 aromatic carbocycles. The van der Waals surface area contributed by atoms with E-state index in [1.165, 1.54) is 17.8 Å². The number of nitrogens with one attached hydrogen (secondary N) is 1. The highest BCUT2D eigenvalue weighted by molar-refractivity contribution is 7.98. The summed E-state index contributed by atoms with van der Waals surface area (Å²) in [5.74, 6) is -0.844. The molecule has 0 aliphatic carbocycles. The van der Waals surface area contributed by atoms with Gasteiger partial charge in [-0.25, -0.2) is 4.79 Å². The minimum absolute atomic E-state index is 0.378. The van der Waals surface area contributed by atoms with Gasteiger partial charge in [-0.15, -0.1) is 0 Å². The number of hydrogen-bond acceptors (Lipinski definition) is 3. The van der Waals surface area contributed by atoms with Gasteiger partial charge in [-0.05, 0) is 42.2 Å². The lowest BCUT2D eigenvalue weighted by Crippen LogP contribution is -2.40. The second-order valence-corrected chi connectivity index (χ2v) is 5.99. The van der Waals surface area contributed by atoms with E-state index >= 15 is 0 Å². The normalized spacial score (nSPS) is 12.3. The number of aliphatic carboxylic acids is 1. The Bertz CT molecular complexity index is 549. The first-order valence-electron chi connectivity index (χ1n) is 6.09. The predicted octanol–water partition coefficient (Wildman–Crippen LogP) is 3.33. The van der Waals surface area contributed by atoms with E-state index in [0.717, 1.165) is 0 Å². The van der Waals surface area contributed by atoms with Crippen LogP contribution >= 0.6 is 35.0 Å². The summed E-state index contributed by atoms with van der Waals surface area (Å²) in [5.41, 5.74) is 0.704. The van der Waals surface area contributed by atoms with Crippen LogP contribution in [0.5, 0.6) is 0 Å². The fourth-order valence-electron chi connectivity index (χ4n) is 1.50. The topological polar surface area (TPSA) is 66.4 Å². The van der Waals surface area contributed by atoms with Crippen molar-refractivity contribution in [3.05, 3.63) is 39.9 Å². The first-order chi connectivity index (χ1) is 9.93. The molecule has 0 spiro atoms. The van der Waals surface area contributed by atoms with Crippen molar-refractivity contribution in [2.24, 2.45) is 0 Å². The number of carbonyl (C=O) groups excluding carboxylic acids is 1.